The Hall–Kier alpha value is -2.38. The van der Waals surface area contributed by atoms with Gasteiger partial charge in [0.2, 0.25) is 6.41 Å². The Balaban J connectivity index is 2.37. The molecule has 19 heavy (non-hydrogen) atoms. The SMILES string of the molecule is O=CNc1ccc(-n2ccc(C(F)(F)F)n2)c(F)c1. The smallest absolute Gasteiger partial charge is 0.329 e. The summed E-state index contributed by atoms with van der Waals surface area (Å²) in [6.45, 7) is 0. The fourth-order valence-corrected chi connectivity index (χ4v) is 1.46. The summed E-state index contributed by atoms with van der Waals surface area (Å²) in [5, 5.41) is 5.48. The number of carbonyl (C=O) groups is 1. The van der Waals surface area contributed by atoms with Crippen molar-refractivity contribution in [1.82, 2.24) is 9.78 Å². The Morgan fingerprint density at radius 3 is 2.53 bits per heavy atom. The zero-order valence-electron chi connectivity index (χ0n) is 9.28. The summed E-state index contributed by atoms with van der Waals surface area (Å²) in [4.78, 5) is 10.2. The van der Waals surface area contributed by atoms with Crippen molar-refractivity contribution in [2.75, 3.05) is 5.32 Å². The zero-order valence-corrected chi connectivity index (χ0v) is 9.28. The van der Waals surface area contributed by atoms with Crippen LogP contribution in [0.15, 0.2) is 30.5 Å². The molecule has 1 aromatic carbocycles. The zero-order chi connectivity index (χ0) is 14.0. The Morgan fingerprint density at radius 2 is 2.00 bits per heavy atom. The molecule has 0 aliphatic rings. The highest BCUT2D eigenvalue weighted by Crippen LogP contribution is 2.28. The first kappa shape index (κ1) is 13.1. The van der Waals surface area contributed by atoms with Gasteiger partial charge in [-0.25, -0.2) is 9.07 Å². The second-order valence-corrected chi connectivity index (χ2v) is 3.57. The largest absolute Gasteiger partial charge is 0.435 e. The van der Waals surface area contributed by atoms with Gasteiger partial charge in [-0.05, 0) is 24.3 Å². The van der Waals surface area contributed by atoms with E-state index < -0.39 is 17.7 Å². The predicted molar refractivity (Wildman–Crippen MR) is 58.2 cm³/mol. The number of nitrogens with zero attached hydrogens (tertiary/aromatic N) is 2. The van der Waals surface area contributed by atoms with Gasteiger partial charge in [-0.15, -0.1) is 0 Å². The molecule has 0 atom stereocenters. The van der Waals surface area contributed by atoms with Gasteiger partial charge in [0.25, 0.3) is 0 Å². The molecule has 1 N–H and O–H groups in total. The van der Waals surface area contributed by atoms with E-state index in [4.69, 9.17) is 0 Å². The predicted octanol–water partition coefficient (Wildman–Crippen LogP) is 2.60. The van der Waals surface area contributed by atoms with Gasteiger partial charge >= 0.3 is 6.18 Å². The molecule has 2 aromatic rings. The maximum Gasteiger partial charge on any atom is 0.435 e. The maximum atomic E-state index is 13.7. The van der Waals surface area contributed by atoms with Gasteiger partial charge in [-0.1, -0.05) is 0 Å². The number of aromatic nitrogens is 2. The first-order valence-corrected chi connectivity index (χ1v) is 5.05. The van der Waals surface area contributed by atoms with Crippen molar-refractivity contribution < 1.29 is 22.4 Å². The van der Waals surface area contributed by atoms with E-state index in [-0.39, 0.29) is 11.4 Å². The fourth-order valence-electron chi connectivity index (χ4n) is 1.46. The fraction of sp³-hybridized carbons (Fsp3) is 0.0909. The van der Waals surface area contributed by atoms with Crippen LogP contribution in [0.25, 0.3) is 5.69 Å². The number of amides is 1. The highest BCUT2D eigenvalue weighted by Gasteiger charge is 2.33. The van der Waals surface area contributed by atoms with Crippen molar-refractivity contribution in [3.8, 4) is 5.69 Å². The molecule has 1 aromatic heterocycles. The minimum absolute atomic E-state index is 0.146. The lowest BCUT2D eigenvalue weighted by Crippen LogP contribution is -2.08. The van der Waals surface area contributed by atoms with Crippen molar-refractivity contribution >= 4 is 12.1 Å². The summed E-state index contributed by atoms with van der Waals surface area (Å²) in [6.07, 6.45) is -3.21. The van der Waals surface area contributed by atoms with Crippen LogP contribution in [0.4, 0.5) is 23.2 Å². The van der Waals surface area contributed by atoms with Crippen LogP contribution in [0.1, 0.15) is 5.69 Å². The second kappa shape index (κ2) is 4.71. The Kier molecular flexibility index (Phi) is 3.24. The van der Waals surface area contributed by atoms with Crippen LogP contribution >= 0.6 is 0 Å². The van der Waals surface area contributed by atoms with Crippen LogP contribution in [-0.4, -0.2) is 16.2 Å². The van der Waals surface area contributed by atoms with Gasteiger partial charge in [0.1, 0.15) is 5.69 Å². The number of alkyl halides is 3. The minimum atomic E-state index is -4.58. The molecule has 0 fully saturated rings. The summed E-state index contributed by atoms with van der Waals surface area (Å²) < 4.78 is 51.5. The summed E-state index contributed by atoms with van der Waals surface area (Å²) in [5.41, 5.74) is -1.06. The topological polar surface area (TPSA) is 46.9 Å². The maximum absolute atomic E-state index is 13.7. The molecule has 0 unspecified atom stereocenters. The van der Waals surface area contributed by atoms with Gasteiger partial charge in [-0.2, -0.15) is 18.3 Å². The van der Waals surface area contributed by atoms with Crippen molar-refractivity contribution in [1.29, 1.82) is 0 Å². The molecule has 4 nitrogen and oxygen atoms in total. The van der Waals surface area contributed by atoms with Gasteiger partial charge in [0.15, 0.2) is 11.5 Å². The summed E-state index contributed by atoms with van der Waals surface area (Å²) in [7, 11) is 0. The third-order valence-electron chi connectivity index (χ3n) is 2.30. The lowest BCUT2D eigenvalue weighted by molar-refractivity contribution is -0.141. The number of carbonyl (C=O) groups excluding carboxylic acids is 1. The number of halogens is 4. The number of nitrogens with one attached hydrogen (secondary N) is 1. The van der Waals surface area contributed by atoms with Crippen molar-refractivity contribution in [2.24, 2.45) is 0 Å². The van der Waals surface area contributed by atoms with Gasteiger partial charge in [0.05, 0.1) is 0 Å². The van der Waals surface area contributed by atoms with Crippen LogP contribution in [0.5, 0.6) is 0 Å². The van der Waals surface area contributed by atoms with E-state index >= 15 is 0 Å². The summed E-state index contributed by atoms with van der Waals surface area (Å²) in [6, 6.07) is 4.30. The number of hydrogen-bond acceptors (Lipinski definition) is 2. The molecule has 0 bridgehead atoms. The summed E-state index contributed by atoms with van der Waals surface area (Å²) in [5.74, 6) is -0.802. The molecular formula is C11H7F4N3O. The van der Waals surface area contributed by atoms with Crippen molar-refractivity contribution in [2.45, 2.75) is 6.18 Å². The quantitative estimate of drug-likeness (QED) is 0.690. The van der Waals surface area contributed by atoms with Crippen molar-refractivity contribution in [3.05, 3.63) is 42.0 Å². The van der Waals surface area contributed by atoms with E-state index in [1.54, 1.807) is 0 Å². The number of rotatable bonds is 3. The molecule has 0 radical (unpaired) electrons. The molecule has 0 saturated heterocycles. The normalized spacial score (nSPS) is 11.4. The number of benzene rings is 1. The molecule has 1 amide bonds. The first-order chi connectivity index (χ1) is 8.91. The van der Waals surface area contributed by atoms with Crippen LogP contribution in [0.2, 0.25) is 0 Å². The van der Waals surface area contributed by atoms with E-state index in [9.17, 15) is 22.4 Å². The standard InChI is InChI=1S/C11H7F4N3O/c12-8-5-7(16-6-19)1-2-9(8)18-4-3-10(17-18)11(13,14)15/h1-6H,(H,16,19). The van der Waals surface area contributed by atoms with Gasteiger partial charge in [-0.3, -0.25) is 4.79 Å². The van der Waals surface area contributed by atoms with Crippen LogP contribution in [0, 0.1) is 5.82 Å². The Morgan fingerprint density at radius 1 is 1.26 bits per heavy atom. The Labute approximate surface area is 104 Å². The molecule has 0 saturated carbocycles. The average molecular weight is 273 g/mol. The third-order valence-corrected chi connectivity index (χ3v) is 2.30. The van der Waals surface area contributed by atoms with Crippen LogP contribution in [-0.2, 0) is 11.0 Å². The highest BCUT2D eigenvalue weighted by molar-refractivity contribution is 5.71. The van der Waals surface area contributed by atoms with E-state index in [1.165, 1.54) is 12.1 Å². The number of anilines is 1. The average Bonchev–Trinajstić information content (AvgIpc) is 2.78. The summed E-state index contributed by atoms with van der Waals surface area (Å²) >= 11 is 0. The molecule has 2 rings (SSSR count). The van der Waals surface area contributed by atoms with E-state index in [0.717, 1.165) is 23.0 Å². The van der Waals surface area contributed by atoms with E-state index in [2.05, 4.69) is 10.4 Å². The van der Waals surface area contributed by atoms with Crippen LogP contribution in [0.3, 0.4) is 0 Å². The molecule has 0 aliphatic heterocycles. The van der Waals surface area contributed by atoms with Crippen LogP contribution < -0.4 is 5.32 Å². The Bertz CT molecular complexity index is 606. The highest BCUT2D eigenvalue weighted by atomic mass is 19.4. The lowest BCUT2D eigenvalue weighted by atomic mass is 10.2. The molecule has 1 heterocycles. The molecule has 8 heteroatoms. The second-order valence-electron chi connectivity index (χ2n) is 3.57. The third kappa shape index (κ3) is 2.72. The number of hydrogen-bond donors (Lipinski definition) is 1. The van der Waals surface area contributed by atoms with Crippen molar-refractivity contribution in [3.63, 3.8) is 0 Å². The van der Waals surface area contributed by atoms with E-state index in [0.29, 0.717) is 6.41 Å². The molecule has 0 spiro atoms. The van der Waals surface area contributed by atoms with Gasteiger partial charge in [0, 0.05) is 11.9 Å². The first-order valence-electron chi connectivity index (χ1n) is 5.05. The lowest BCUT2D eigenvalue weighted by Gasteiger charge is -2.06. The molecular weight excluding hydrogens is 266 g/mol. The molecule has 0 aliphatic carbocycles. The monoisotopic (exact) mass is 273 g/mol. The van der Waals surface area contributed by atoms with Gasteiger partial charge < -0.3 is 5.32 Å². The minimum Gasteiger partial charge on any atom is -0.329 e. The van der Waals surface area contributed by atoms with E-state index in [1.807, 2.05) is 0 Å². The molecule has 100 valence electrons.